The normalized spacial score (nSPS) is 11.1. The van der Waals surface area contributed by atoms with Gasteiger partial charge in [0.05, 0.1) is 47.3 Å². The zero-order chi connectivity index (χ0) is 26.8. The van der Waals surface area contributed by atoms with Gasteiger partial charge in [0.25, 0.3) is 5.91 Å². The van der Waals surface area contributed by atoms with Gasteiger partial charge in [0.15, 0.2) is 0 Å². The Hall–Kier alpha value is -4.42. The Morgan fingerprint density at radius 2 is 1.79 bits per heavy atom. The number of para-hydroxylation sites is 1. The van der Waals surface area contributed by atoms with E-state index in [4.69, 9.17) is 0 Å². The van der Waals surface area contributed by atoms with Crippen molar-refractivity contribution in [2.75, 3.05) is 7.05 Å². The second kappa shape index (κ2) is 10.8. The van der Waals surface area contributed by atoms with Gasteiger partial charge in [-0.1, -0.05) is 50.6 Å². The summed E-state index contributed by atoms with van der Waals surface area (Å²) >= 11 is 5.11. The maximum Gasteiger partial charge on any atom is 0.256 e. The second-order valence-electron chi connectivity index (χ2n) is 8.82. The first-order valence-corrected chi connectivity index (χ1v) is 13.7. The van der Waals surface area contributed by atoms with E-state index in [0.717, 1.165) is 26.6 Å². The Kier molecular flexibility index (Phi) is 6.86. The lowest BCUT2D eigenvalue weighted by molar-refractivity contribution is 0.0783. The van der Waals surface area contributed by atoms with Gasteiger partial charge in [-0.3, -0.25) is 4.79 Å². The molecule has 0 N–H and O–H groups in total. The van der Waals surface area contributed by atoms with Gasteiger partial charge < -0.3 is 9.47 Å². The minimum atomic E-state index is -0.158. The lowest BCUT2D eigenvalue weighted by Gasteiger charge is -2.17. The first kappa shape index (κ1) is 24.9. The van der Waals surface area contributed by atoms with Crippen molar-refractivity contribution in [1.82, 2.24) is 44.4 Å². The summed E-state index contributed by atoms with van der Waals surface area (Å²) in [6.07, 6.45) is 7.36. The minimum Gasteiger partial charge on any atom is -0.336 e. The first-order chi connectivity index (χ1) is 19.0. The number of imidazole rings is 1. The van der Waals surface area contributed by atoms with Crippen molar-refractivity contribution >= 4 is 33.2 Å². The summed E-state index contributed by atoms with van der Waals surface area (Å²) in [5.41, 5.74) is 3.47. The average molecular weight is 601 g/mol. The number of thiophene rings is 1. The third kappa shape index (κ3) is 5.29. The SMILES string of the molecule is CN(Cc1cn(-c2cccc(Br)c2)nn1)C(=O)c1ccccc1-n1cc(Cn2ccnc2-c2cccs2)nn1. The number of aromatic nitrogens is 8. The van der Waals surface area contributed by atoms with E-state index in [-0.39, 0.29) is 5.91 Å². The van der Waals surface area contributed by atoms with Crippen LogP contribution in [0.1, 0.15) is 21.7 Å². The van der Waals surface area contributed by atoms with Crippen LogP contribution in [0, 0.1) is 0 Å². The third-order valence-electron chi connectivity index (χ3n) is 6.07. The molecule has 194 valence electrons. The van der Waals surface area contributed by atoms with Crippen LogP contribution < -0.4 is 0 Å². The number of benzene rings is 2. The number of nitrogens with zero attached hydrogens (tertiary/aromatic N) is 9. The number of carbonyl (C=O) groups excluding carboxylic acids is 1. The summed E-state index contributed by atoms with van der Waals surface area (Å²) in [6, 6.07) is 19.2. The Morgan fingerprint density at radius 3 is 2.64 bits per heavy atom. The van der Waals surface area contributed by atoms with Gasteiger partial charge in [0.2, 0.25) is 0 Å². The summed E-state index contributed by atoms with van der Waals surface area (Å²) in [6.45, 7) is 0.812. The van der Waals surface area contributed by atoms with Gasteiger partial charge in [-0.2, -0.15) is 0 Å². The van der Waals surface area contributed by atoms with Crippen LogP contribution in [0.4, 0.5) is 0 Å². The quantitative estimate of drug-likeness (QED) is 0.248. The van der Waals surface area contributed by atoms with Gasteiger partial charge in [-0.15, -0.1) is 21.5 Å². The molecule has 6 rings (SSSR count). The fourth-order valence-electron chi connectivity index (χ4n) is 4.22. The van der Waals surface area contributed by atoms with Crippen LogP contribution in [-0.4, -0.2) is 57.4 Å². The molecular weight excluding hydrogens is 578 g/mol. The molecule has 0 atom stereocenters. The van der Waals surface area contributed by atoms with E-state index in [1.807, 2.05) is 83.1 Å². The predicted octanol–water partition coefficient (Wildman–Crippen LogP) is 4.86. The minimum absolute atomic E-state index is 0.158. The van der Waals surface area contributed by atoms with E-state index < -0.39 is 0 Å². The van der Waals surface area contributed by atoms with E-state index >= 15 is 0 Å². The van der Waals surface area contributed by atoms with Crippen LogP contribution in [-0.2, 0) is 13.1 Å². The van der Waals surface area contributed by atoms with Gasteiger partial charge in [0.1, 0.15) is 17.2 Å². The van der Waals surface area contributed by atoms with Crippen molar-refractivity contribution in [2.45, 2.75) is 13.1 Å². The van der Waals surface area contributed by atoms with Crippen molar-refractivity contribution < 1.29 is 4.79 Å². The summed E-state index contributed by atoms with van der Waals surface area (Å²) in [5.74, 6) is 0.725. The molecule has 0 aliphatic rings. The number of amides is 1. The fraction of sp³-hybridized carbons (Fsp3) is 0.111. The summed E-state index contributed by atoms with van der Waals surface area (Å²) in [4.78, 5) is 20.7. The molecule has 0 fully saturated rings. The number of rotatable bonds is 8. The highest BCUT2D eigenvalue weighted by atomic mass is 79.9. The molecule has 0 bridgehead atoms. The molecule has 0 saturated carbocycles. The van der Waals surface area contributed by atoms with Crippen LogP contribution in [0.5, 0.6) is 0 Å². The smallest absolute Gasteiger partial charge is 0.256 e. The standard InChI is InChI=1S/C27H22BrN9OS/c1-34(15-20-17-36(32-30-20)22-7-4-6-19(28)14-22)27(38)23-8-2-3-9-24(23)37-18-21(31-33-37)16-35-12-11-29-26(35)25-10-5-13-39-25/h2-14,17-18H,15-16H2,1H3. The Balaban J connectivity index is 1.19. The van der Waals surface area contributed by atoms with Gasteiger partial charge in [-0.05, 0) is 41.8 Å². The zero-order valence-electron chi connectivity index (χ0n) is 20.8. The van der Waals surface area contributed by atoms with E-state index in [2.05, 4.69) is 41.5 Å². The Bertz CT molecular complexity index is 1740. The van der Waals surface area contributed by atoms with Crippen molar-refractivity contribution in [1.29, 1.82) is 0 Å². The highest BCUT2D eigenvalue weighted by molar-refractivity contribution is 9.10. The molecule has 0 aliphatic heterocycles. The van der Waals surface area contributed by atoms with E-state index in [0.29, 0.717) is 30.0 Å². The van der Waals surface area contributed by atoms with E-state index in [1.54, 1.807) is 44.9 Å². The number of carbonyl (C=O) groups is 1. The van der Waals surface area contributed by atoms with Crippen LogP contribution in [0.2, 0.25) is 0 Å². The third-order valence-corrected chi connectivity index (χ3v) is 7.43. The van der Waals surface area contributed by atoms with Crippen molar-refractivity contribution in [3.05, 3.63) is 112 Å². The summed E-state index contributed by atoms with van der Waals surface area (Å²) in [5, 5.41) is 19.2. The molecule has 2 aromatic carbocycles. The van der Waals surface area contributed by atoms with E-state index in [9.17, 15) is 4.79 Å². The van der Waals surface area contributed by atoms with E-state index in [1.165, 1.54) is 0 Å². The van der Waals surface area contributed by atoms with Gasteiger partial charge in [0, 0.05) is 23.9 Å². The molecule has 6 aromatic rings. The monoisotopic (exact) mass is 599 g/mol. The number of halogens is 1. The first-order valence-electron chi connectivity index (χ1n) is 12.0. The van der Waals surface area contributed by atoms with Crippen LogP contribution in [0.3, 0.4) is 0 Å². The molecule has 1 amide bonds. The zero-order valence-corrected chi connectivity index (χ0v) is 23.2. The number of hydrogen-bond donors (Lipinski definition) is 0. The molecule has 39 heavy (non-hydrogen) atoms. The van der Waals surface area contributed by atoms with Crippen molar-refractivity contribution in [3.8, 4) is 22.1 Å². The molecule has 0 radical (unpaired) electrons. The highest BCUT2D eigenvalue weighted by Crippen LogP contribution is 2.24. The lowest BCUT2D eigenvalue weighted by Crippen LogP contribution is -2.27. The van der Waals surface area contributed by atoms with Crippen molar-refractivity contribution in [2.24, 2.45) is 0 Å². The molecule has 0 saturated heterocycles. The van der Waals surface area contributed by atoms with Crippen LogP contribution in [0.25, 0.3) is 22.1 Å². The molecular formula is C27H22BrN9OS. The average Bonchev–Trinajstić information content (AvgIpc) is 3.76. The molecule has 4 heterocycles. The molecule has 0 aliphatic carbocycles. The van der Waals surface area contributed by atoms with Crippen LogP contribution in [0.15, 0.2) is 95.3 Å². The molecule has 12 heteroatoms. The predicted molar refractivity (Wildman–Crippen MR) is 151 cm³/mol. The fourth-order valence-corrected chi connectivity index (χ4v) is 5.34. The maximum absolute atomic E-state index is 13.5. The Labute approximate surface area is 236 Å². The van der Waals surface area contributed by atoms with Gasteiger partial charge >= 0.3 is 0 Å². The maximum atomic E-state index is 13.5. The highest BCUT2D eigenvalue weighted by Gasteiger charge is 2.19. The number of hydrogen-bond acceptors (Lipinski definition) is 7. The largest absolute Gasteiger partial charge is 0.336 e. The lowest BCUT2D eigenvalue weighted by atomic mass is 10.1. The van der Waals surface area contributed by atoms with Crippen molar-refractivity contribution in [3.63, 3.8) is 0 Å². The summed E-state index contributed by atoms with van der Waals surface area (Å²) in [7, 11) is 1.75. The summed E-state index contributed by atoms with van der Waals surface area (Å²) < 4.78 is 6.31. The van der Waals surface area contributed by atoms with Crippen LogP contribution >= 0.6 is 27.3 Å². The molecule has 0 unspecified atom stereocenters. The molecule has 4 aromatic heterocycles. The topological polar surface area (TPSA) is 99.6 Å². The molecule has 10 nitrogen and oxygen atoms in total. The molecule has 0 spiro atoms. The Morgan fingerprint density at radius 1 is 0.974 bits per heavy atom. The van der Waals surface area contributed by atoms with Gasteiger partial charge in [-0.25, -0.2) is 14.3 Å². The second-order valence-corrected chi connectivity index (χ2v) is 10.7.